The van der Waals surface area contributed by atoms with Crippen molar-refractivity contribution >= 4 is 0 Å². The molecule has 2 saturated carbocycles. The van der Waals surface area contributed by atoms with E-state index in [4.69, 9.17) is 4.74 Å². The minimum atomic E-state index is 0.390. The van der Waals surface area contributed by atoms with Crippen LogP contribution in [0.2, 0.25) is 0 Å². The van der Waals surface area contributed by atoms with Gasteiger partial charge >= 0.3 is 0 Å². The van der Waals surface area contributed by atoms with Gasteiger partial charge in [-0.05, 0) is 32.3 Å². The van der Waals surface area contributed by atoms with Crippen molar-refractivity contribution in [2.45, 2.75) is 64.1 Å². The van der Waals surface area contributed by atoms with E-state index < -0.39 is 0 Å². The van der Waals surface area contributed by atoms with Crippen LogP contribution >= 0.6 is 0 Å². The summed E-state index contributed by atoms with van der Waals surface area (Å²) < 4.78 is 5.99. The monoisotopic (exact) mass is 275 g/mol. The number of ether oxygens (including phenoxy) is 1. The molecule has 2 unspecified atom stereocenters. The van der Waals surface area contributed by atoms with Crippen molar-refractivity contribution < 1.29 is 4.74 Å². The van der Waals surface area contributed by atoms with Crippen LogP contribution in [0.15, 0.2) is 18.6 Å². The topological polar surface area (TPSA) is 47.0 Å². The van der Waals surface area contributed by atoms with Crippen LogP contribution in [0.4, 0.5) is 0 Å². The zero-order chi connectivity index (χ0) is 13.8. The molecule has 4 heteroatoms. The average Bonchev–Trinajstić information content (AvgIpc) is 2.52. The molecule has 3 rings (SSSR count). The predicted octanol–water partition coefficient (Wildman–Crippen LogP) is 2.69. The first-order chi connectivity index (χ1) is 9.85. The van der Waals surface area contributed by atoms with E-state index in [9.17, 15) is 0 Å². The summed E-state index contributed by atoms with van der Waals surface area (Å²) in [4.78, 5) is 8.26. The zero-order valence-corrected chi connectivity index (χ0v) is 12.3. The fourth-order valence-corrected chi connectivity index (χ4v) is 4.00. The number of nitrogens with zero attached hydrogens (tertiary/aromatic N) is 2. The van der Waals surface area contributed by atoms with E-state index in [0.29, 0.717) is 17.6 Å². The fraction of sp³-hybridized carbons (Fsp3) is 0.750. The van der Waals surface area contributed by atoms with E-state index in [1.54, 1.807) is 6.33 Å². The quantitative estimate of drug-likeness (QED) is 0.897. The lowest BCUT2D eigenvalue weighted by atomic mass is 9.55. The minimum Gasteiger partial charge on any atom is -0.378 e. The molecule has 1 aromatic heterocycles. The molecule has 0 saturated heterocycles. The van der Waals surface area contributed by atoms with E-state index in [1.807, 2.05) is 12.3 Å². The Morgan fingerprint density at radius 3 is 2.90 bits per heavy atom. The largest absolute Gasteiger partial charge is 0.378 e. The van der Waals surface area contributed by atoms with Crippen LogP contribution in [0, 0.1) is 5.41 Å². The molecule has 20 heavy (non-hydrogen) atoms. The van der Waals surface area contributed by atoms with Crippen LogP contribution in [-0.2, 0) is 11.3 Å². The lowest BCUT2D eigenvalue weighted by Gasteiger charge is -2.58. The van der Waals surface area contributed by atoms with Crippen LogP contribution in [0.3, 0.4) is 0 Å². The summed E-state index contributed by atoms with van der Waals surface area (Å²) in [5, 5.41) is 3.71. The van der Waals surface area contributed by atoms with Gasteiger partial charge in [0.1, 0.15) is 6.33 Å². The molecule has 0 bridgehead atoms. The molecule has 1 N–H and O–H groups in total. The highest BCUT2D eigenvalue weighted by Crippen LogP contribution is 2.53. The van der Waals surface area contributed by atoms with Crippen LogP contribution in [0.1, 0.15) is 51.1 Å². The summed E-state index contributed by atoms with van der Waals surface area (Å²) in [7, 11) is 0. The number of hydrogen-bond acceptors (Lipinski definition) is 4. The summed E-state index contributed by atoms with van der Waals surface area (Å²) in [6.45, 7) is 3.79. The predicted molar refractivity (Wildman–Crippen MR) is 78.2 cm³/mol. The second-order valence-corrected chi connectivity index (χ2v) is 6.11. The smallest absolute Gasteiger partial charge is 0.115 e. The van der Waals surface area contributed by atoms with Crippen LogP contribution in [-0.4, -0.2) is 28.7 Å². The first-order valence-corrected chi connectivity index (χ1v) is 7.95. The van der Waals surface area contributed by atoms with Gasteiger partial charge in [0.05, 0.1) is 11.8 Å². The Hall–Kier alpha value is -1.00. The maximum atomic E-state index is 5.99. The van der Waals surface area contributed by atoms with Gasteiger partial charge in [0.15, 0.2) is 0 Å². The van der Waals surface area contributed by atoms with Crippen molar-refractivity contribution in [3.63, 3.8) is 0 Å². The van der Waals surface area contributed by atoms with Crippen LogP contribution < -0.4 is 5.32 Å². The Labute approximate surface area is 121 Å². The third-order valence-electron chi connectivity index (χ3n) is 5.11. The maximum Gasteiger partial charge on any atom is 0.115 e. The third-order valence-corrected chi connectivity index (χ3v) is 5.11. The van der Waals surface area contributed by atoms with Crippen LogP contribution in [0.5, 0.6) is 0 Å². The molecule has 4 nitrogen and oxygen atoms in total. The first-order valence-electron chi connectivity index (χ1n) is 7.95. The third kappa shape index (κ3) is 2.59. The van der Waals surface area contributed by atoms with Crippen molar-refractivity contribution in [2.24, 2.45) is 5.41 Å². The van der Waals surface area contributed by atoms with E-state index in [0.717, 1.165) is 25.3 Å². The van der Waals surface area contributed by atoms with Crippen molar-refractivity contribution in [3.05, 3.63) is 24.3 Å². The summed E-state index contributed by atoms with van der Waals surface area (Å²) in [6.07, 6.45) is 11.8. The van der Waals surface area contributed by atoms with Gasteiger partial charge in [-0.1, -0.05) is 19.3 Å². The van der Waals surface area contributed by atoms with Gasteiger partial charge in [-0.3, -0.25) is 0 Å². The van der Waals surface area contributed by atoms with Crippen molar-refractivity contribution in [2.75, 3.05) is 6.61 Å². The average molecular weight is 275 g/mol. The Morgan fingerprint density at radius 1 is 1.35 bits per heavy atom. The van der Waals surface area contributed by atoms with Gasteiger partial charge in [0, 0.05) is 30.8 Å². The van der Waals surface area contributed by atoms with E-state index >= 15 is 0 Å². The standard InChI is InChI=1S/C16H25N3O/c1-2-20-15-10-14(16(15)7-4-3-5-8-16)18-11-13-6-9-17-12-19-13/h6,9,12,14-15,18H,2-5,7-8,10-11H2,1H3. The number of nitrogens with one attached hydrogen (secondary N) is 1. The number of aromatic nitrogens is 2. The molecule has 2 aliphatic carbocycles. The molecule has 0 aliphatic heterocycles. The van der Waals surface area contributed by atoms with E-state index in [-0.39, 0.29) is 0 Å². The Bertz CT molecular complexity index is 417. The highest BCUT2D eigenvalue weighted by atomic mass is 16.5. The number of rotatable bonds is 5. The molecular weight excluding hydrogens is 250 g/mol. The normalized spacial score (nSPS) is 28.2. The summed E-state index contributed by atoms with van der Waals surface area (Å²) >= 11 is 0. The summed E-state index contributed by atoms with van der Waals surface area (Å²) in [6, 6.07) is 2.58. The zero-order valence-electron chi connectivity index (χ0n) is 12.3. The lowest BCUT2D eigenvalue weighted by molar-refractivity contribution is -0.150. The lowest BCUT2D eigenvalue weighted by Crippen LogP contribution is -2.64. The molecular formula is C16H25N3O. The summed E-state index contributed by atoms with van der Waals surface area (Å²) in [5.41, 5.74) is 1.47. The fourth-order valence-electron chi connectivity index (χ4n) is 4.00. The molecule has 0 amide bonds. The molecule has 2 aliphatic rings. The maximum absolute atomic E-state index is 5.99. The second kappa shape index (κ2) is 6.19. The Kier molecular flexibility index (Phi) is 4.32. The minimum absolute atomic E-state index is 0.390. The molecule has 1 aromatic rings. The molecule has 2 fully saturated rings. The Morgan fingerprint density at radius 2 is 2.20 bits per heavy atom. The second-order valence-electron chi connectivity index (χ2n) is 6.11. The molecule has 2 atom stereocenters. The van der Waals surface area contributed by atoms with Gasteiger partial charge in [-0.15, -0.1) is 0 Å². The van der Waals surface area contributed by atoms with Gasteiger partial charge < -0.3 is 10.1 Å². The van der Waals surface area contributed by atoms with Gasteiger partial charge in [0.2, 0.25) is 0 Å². The SMILES string of the molecule is CCOC1CC(NCc2ccncn2)C12CCCCC2. The van der Waals surface area contributed by atoms with E-state index in [1.165, 1.54) is 32.1 Å². The van der Waals surface area contributed by atoms with Gasteiger partial charge in [-0.2, -0.15) is 0 Å². The van der Waals surface area contributed by atoms with Crippen molar-refractivity contribution in [1.82, 2.24) is 15.3 Å². The highest BCUT2D eigenvalue weighted by Gasteiger charge is 2.55. The van der Waals surface area contributed by atoms with Crippen LogP contribution in [0.25, 0.3) is 0 Å². The molecule has 0 radical (unpaired) electrons. The van der Waals surface area contributed by atoms with Gasteiger partial charge in [-0.25, -0.2) is 9.97 Å². The highest BCUT2D eigenvalue weighted by molar-refractivity contribution is 5.10. The first kappa shape index (κ1) is 14.0. The molecule has 1 heterocycles. The van der Waals surface area contributed by atoms with E-state index in [2.05, 4.69) is 22.2 Å². The molecule has 1 spiro atoms. The summed E-state index contributed by atoms with van der Waals surface area (Å²) in [5.74, 6) is 0. The van der Waals surface area contributed by atoms with Gasteiger partial charge in [0.25, 0.3) is 0 Å². The molecule has 0 aromatic carbocycles. The Balaban J connectivity index is 1.61. The number of hydrogen-bond donors (Lipinski definition) is 1. The van der Waals surface area contributed by atoms with Crippen molar-refractivity contribution in [1.29, 1.82) is 0 Å². The molecule has 110 valence electrons. The van der Waals surface area contributed by atoms with Crippen molar-refractivity contribution in [3.8, 4) is 0 Å².